The quantitative estimate of drug-likeness (QED) is 0.717. The van der Waals surface area contributed by atoms with E-state index >= 15 is 0 Å². The Morgan fingerprint density at radius 1 is 1.35 bits per heavy atom. The van der Waals surface area contributed by atoms with E-state index in [2.05, 4.69) is 24.4 Å². The molecule has 1 aliphatic carbocycles. The van der Waals surface area contributed by atoms with Crippen LogP contribution in [0.2, 0.25) is 0 Å². The average Bonchev–Trinajstić information content (AvgIpc) is 3.00. The molecular formula is C17H27NO2. The van der Waals surface area contributed by atoms with Gasteiger partial charge in [0, 0.05) is 12.6 Å². The molecule has 20 heavy (non-hydrogen) atoms. The molecule has 2 N–H and O–H groups in total. The van der Waals surface area contributed by atoms with Gasteiger partial charge in [0.1, 0.15) is 0 Å². The molecule has 0 radical (unpaired) electrons. The van der Waals surface area contributed by atoms with Crippen molar-refractivity contribution in [1.82, 2.24) is 5.32 Å². The van der Waals surface area contributed by atoms with Crippen molar-refractivity contribution in [3.8, 4) is 0 Å². The van der Waals surface area contributed by atoms with Gasteiger partial charge in [-0.25, -0.2) is 0 Å². The second kappa shape index (κ2) is 8.40. The summed E-state index contributed by atoms with van der Waals surface area (Å²) in [7, 11) is 0. The molecule has 3 heteroatoms. The molecule has 0 spiro atoms. The summed E-state index contributed by atoms with van der Waals surface area (Å²) in [5, 5.41) is 12.7. The van der Waals surface area contributed by atoms with Crippen LogP contribution in [0.25, 0.3) is 0 Å². The van der Waals surface area contributed by atoms with Crippen LogP contribution in [0.4, 0.5) is 0 Å². The maximum Gasteiger partial charge on any atom is 0.0681 e. The first-order chi connectivity index (χ1) is 9.79. The van der Waals surface area contributed by atoms with Crippen molar-refractivity contribution in [3.63, 3.8) is 0 Å². The van der Waals surface area contributed by atoms with E-state index in [1.807, 2.05) is 12.1 Å². The summed E-state index contributed by atoms with van der Waals surface area (Å²) in [5.41, 5.74) is 2.20. The predicted molar refractivity (Wildman–Crippen MR) is 81.6 cm³/mol. The maximum absolute atomic E-state index is 9.16. The third-order valence-corrected chi connectivity index (χ3v) is 4.06. The second-order valence-electron chi connectivity index (χ2n) is 5.71. The van der Waals surface area contributed by atoms with Crippen molar-refractivity contribution in [2.24, 2.45) is 0 Å². The molecule has 0 heterocycles. The molecule has 0 aromatic heterocycles. The summed E-state index contributed by atoms with van der Waals surface area (Å²) in [6.07, 6.45) is 6.74. The van der Waals surface area contributed by atoms with E-state index in [1.165, 1.54) is 31.2 Å². The summed E-state index contributed by atoms with van der Waals surface area (Å²) >= 11 is 0. The number of benzene rings is 1. The first kappa shape index (κ1) is 15.5. The van der Waals surface area contributed by atoms with E-state index in [0.717, 1.165) is 25.1 Å². The minimum absolute atomic E-state index is 0.107. The Bertz CT molecular complexity index is 388. The lowest BCUT2D eigenvalue weighted by atomic mass is 10.1. The fraction of sp³-hybridized carbons (Fsp3) is 0.647. The number of aliphatic hydroxyl groups is 1. The number of aliphatic hydroxyl groups excluding tert-OH is 1. The molecule has 112 valence electrons. The van der Waals surface area contributed by atoms with E-state index in [9.17, 15) is 0 Å². The molecule has 1 unspecified atom stereocenters. The molecule has 1 atom stereocenters. The van der Waals surface area contributed by atoms with Crippen LogP contribution in [0, 0.1) is 0 Å². The van der Waals surface area contributed by atoms with Crippen LogP contribution in [0.1, 0.15) is 56.2 Å². The molecule has 1 fully saturated rings. The summed E-state index contributed by atoms with van der Waals surface area (Å²) in [5.74, 6) is 0. The van der Waals surface area contributed by atoms with E-state index in [0.29, 0.717) is 12.1 Å². The summed E-state index contributed by atoms with van der Waals surface area (Å²) in [4.78, 5) is 0. The number of hydrogen-bond acceptors (Lipinski definition) is 3. The Balaban J connectivity index is 1.62. The Kier molecular flexibility index (Phi) is 6.51. The van der Waals surface area contributed by atoms with Gasteiger partial charge in [-0.1, -0.05) is 37.1 Å². The smallest absolute Gasteiger partial charge is 0.0681 e. The molecule has 0 amide bonds. The highest BCUT2D eigenvalue weighted by Gasteiger charge is 2.14. The van der Waals surface area contributed by atoms with Gasteiger partial charge in [0.15, 0.2) is 0 Å². The lowest BCUT2D eigenvalue weighted by Gasteiger charge is -2.16. The van der Waals surface area contributed by atoms with Gasteiger partial charge in [-0.2, -0.15) is 0 Å². The third kappa shape index (κ3) is 4.89. The zero-order chi connectivity index (χ0) is 14.2. The van der Waals surface area contributed by atoms with Gasteiger partial charge in [-0.15, -0.1) is 0 Å². The third-order valence-electron chi connectivity index (χ3n) is 4.06. The van der Waals surface area contributed by atoms with E-state index < -0.39 is 0 Å². The van der Waals surface area contributed by atoms with Crippen molar-refractivity contribution in [3.05, 3.63) is 35.4 Å². The molecule has 2 rings (SSSR count). The van der Waals surface area contributed by atoms with E-state index in [-0.39, 0.29) is 6.61 Å². The van der Waals surface area contributed by atoms with Crippen LogP contribution in [-0.2, 0) is 11.3 Å². The molecular weight excluding hydrogens is 250 g/mol. The Hall–Kier alpha value is -0.900. The fourth-order valence-electron chi connectivity index (χ4n) is 2.77. The first-order valence-electron chi connectivity index (χ1n) is 7.84. The minimum atomic E-state index is 0.107. The van der Waals surface area contributed by atoms with Crippen molar-refractivity contribution < 1.29 is 9.84 Å². The standard InChI is InChI=1S/C17H27NO2/c1-14(16-7-4-6-15(12-16)13-19)18-10-5-11-20-17-8-2-3-9-17/h4,6-7,12,14,17-19H,2-3,5,8-11,13H2,1H3. The van der Waals surface area contributed by atoms with Crippen LogP contribution in [-0.4, -0.2) is 24.4 Å². The van der Waals surface area contributed by atoms with Crippen molar-refractivity contribution >= 4 is 0 Å². The SMILES string of the molecule is CC(NCCCOC1CCCC1)c1cccc(CO)c1. The zero-order valence-corrected chi connectivity index (χ0v) is 12.5. The largest absolute Gasteiger partial charge is 0.392 e. The van der Waals surface area contributed by atoms with Gasteiger partial charge in [0.2, 0.25) is 0 Å². The summed E-state index contributed by atoms with van der Waals surface area (Å²) in [6.45, 7) is 4.10. The number of ether oxygens (including phenoxy) is 1. The van der Waals surface area contributed by atoms with Crippen molar-refractivity contribution in [2.75, 3.05) is 13.2 Å². The van der Waals surface area contributed by atoms with E-state index in [1.54, 1.807) is 0 Å². The van der Waals surface area contributed by atoms with Crippen LogP contribution < -0.4 is 5.32 Å². The average molecular weight is 277 g/mol. The van der Waals surface area contributed by atoms with Crippen LogP contribution in [0.3, 0.4) is 0 Å². The molecule has 0 aliphatic heterocycles. The van der Waals surface area contributed by atoms with Crippen molar-refractivity contribution in [1.29, 1.82) is 0 Å². The van der Waals surface area contributed by atoms with Crippen LogP contribution in [0.5, 0.6) is 0 Å². The maximum atomic E-state index is 9.16. The molecule has 1 aromatic rings. The summed E-state index contributed by atoms with van der Waals surface area (Å²) in [6, 6.07) is 8.43. The lowest BCUT2D eigenvalue weighted by molar-refractivity contribution is 0.0566. The topological polar surface area (TPSA) is 41.5 Å². The Morgan fingerprint density at radius 2 is 2.15 bits per heavy atom. The molecule has 0 bridgehead atoms. The molecule has 1 saturated carbocycles. The lowest BCUT2D eigenvalue weighted by Crippen LogP contribution is -2.22. The predicted octanol–water partition coefficient (Wildman–Crippen LogP) is 3.18. The van der Waals surface area contributed by atoms with Gasteiger partial charge >= 0.3 is 0 Å². The van der Waals surface area contributed by atoms with Gasteiger partial charge in [-0.3, -0.25) is 0 Å². The van der Waals surface area contributed by atoms with Crippen LogP contribution in [0.15, 0.2) is 24.3 Å². The molecule has 1 aromatic carbocycles. The first-order valence-corrected chi connectivity index (χ1v) is 7.84. The highest BCUT2D eigenvalue weighted by Crippen LogP contribution is 2.20. The zero-order valence-electron chi connectivity index (χ0n) is 12.5. The Labute approximate surface area is 122 Å². The monoisotopic (exact) mass is 277 g/mol. The highest BCUT2D eigenvalue weighted by atomic mass is 16.5. The van der Waals surface area contributed by atoms with Gasteiger partial charge < -0.3 is 15.2 Å². The summed E-state index contributed by atoms with van der Waals surface area (Å²) < 4.78 is 5.85. The number of rotatable bonds is 8. The van der Waals surface area contributed by atoms with Crippen molar-refractivity contribution in [2.45, 2.75) is 57.8 Å². The van der Waals surface area contributed by atoms with Gasteiger partial charge in [-0.05, 0) is 43.9 Å². The molecule has 3 nitrogen and oxygen atoms in total. The van der Waals surface area contributed by atoms with E-state index in [4.69, 9.17) is 9.84 Å². The molecule has 0 saturated heterocycles. The number of hydrogen-bond donors (Lipinski definition) is 2. The van der Waals surface area contributed by atoms with Gasteiger partial charge in [0.05, 0.1) is 12.7 Å². The minimum Gasteiger partial charge on any atom is -0.392 e. The Morgan fingerprint density at radius 3 is 2.90 bits per heavy atom. The normalized spacial score (nSPS) is 17.5. The highest BCUT2D eigenvalue weighted by molar-refractivity contribution is 5.25. The van der Waals surface area contributed by atoms with Gasteiger partial charge in [0.25, 0.3) is 0 Å². The number of nitrogens with one attached hydrogen (secondary N) is 1. The fourth-order valence-corrected chi connectivity index (χ4v) is 2.77. The second-order valence-corrected chi connectivity index (χ2v) is 5.71. The molecule has 1 aliphatic rings. The van der Waals surface area contributed by atoms with Crippen LogP contribution >= 0.6 is 0 Å².